The number of likely N-dealkylation sites (N-methyl/N-ethyl adjacent to an activating group) is 1. The molecule has 0 aromatic heterocycles. The fourth-order valence-corrected chi connectivity index (χ4v) is 2.89. The van der Waals surface area contributed by atoms with Crippen molar-refractivity contribution in [1.29, 1.82) is 0 Å². The Hall–Kier alpha value is -0.810. The highest BCUT2D eigenvalue weighted by atomic mass is 35.5. The Morgan fingerprint density at radius 2 is 1.87 bits per heavy atom. The van der Waals surface area contributed by atoms with Crippen molar-refractivity contribution in [1.82, 2.24) is 9.80 Å². The van der Waals surface area contributed by atoms with Crippen LogP contribution < -0.4 is 5.73 Å². The smallest absolute Gasteiger partial charge is 0.236 e. The number of benzene rings is 1. The minimum atomic E-state index is 0. The normalized spacial score (nSPS) is 20.3. The van der Waals surface area contributed by atoms with Gasteiger partial charge in [-0.3, -0.25) is 9.69 Å². The van der Waals surface area contributed by atoms with Crippen LogP contribution in [-0.2, 0) is 4.79 Å². The van der Waals surface area contributed by atoms with Gasteiger partial charge in [-0.05, 0) is 38.9 Å². The number of likely N-dealkylation sites (tertiary alicyclic amines) is 1. The first-order chi connectivity index (χ1) is 10.0. The molecule has 2 N–H and O–H groups in total. The van der Waals surface area contributed by atoms with Gasteiger partial charge < -0.3 is 10.6 Å². The molecule has 0 unspecified atom stereocenters. The maximum atomic E-state index is 12.4. The molecule has 0 saturated carbocycles. The zero-order valence-electron chi connectivity index (χ0n) is 14.1. The molecule has 4 nitrogen and oxygen atoms in total. The van der Waals surface area contributed by atoms with E-state index in [2.05, 4.69) is 43.0 Å². The van der Waals surface area contributed by atoms with Crippen LogP contribution in [0.2, 0.25) is 0 Å². The fourth-order valence-electron chi connectivity index (χ4n) is 2.89. The van der Waals surface area contributed by atoms with Crippen LogP contribution in [0.1, 0.15) is 25.3 Å². The third kappa shape index (κ3) is 5.64. The van der Waals surface area contributed by atoms with Gasteiger partial charge in [0.1, 0.15) is 0 Å². The van der Waals surface area contributed by atoms with E-state index < -0.39 is 0 Å². The van der Waals surface area contributed by atoms with Crippen LogP contribution in [0, 0.1) is 5.92 Å². The van der Waals surface area contributed by atoms with E-state index in [1.54, 1.807) is 0 Å². The second-order valence-electron chi connectivity index (χ2n) is 6.32. The van der Waals surface area contributed by atoms with Gasteiger partial charge >= 0.3 is 0 Å². The minimum Gasteiger partial charge on any atom is -0.341 e. The number of amides is 1. The molecule has 0 radical (unpaired) electrons. The van der Waals surface area contributed by atoms with Crippen molar-refractivity contribution in [3.8, 4) is 0 Å². The summed E-state index contributed by atoms with van der Waals surface area (Å²) in [6, 6.07) is 10.8. The van der Waals surface area contributed by atoms with Gasteiger partial charge in [-0.1, -0.05) is 30.3 Å². The second kappa shape index (κ2) is 10.1. The molecule has 1 fully saturated rings. The van der Waals surface area contributed by atoms with Crippen molar-refractivity contribution < 1.29 is 4.79 Å². The van der Waals surface area contributed by atoms with E-state index in [0.717, 1.165) is 13.1 Å². The van der Waals surface area contributed by atoms with Crippen molar-refractivity contribution >= 4 is 30.7 Å². The molecule has 1 aromatic rings. The van der Waals surface area contributed by atoms with Gasteiger partial charge in [0.25, 0.3) is 0 Å². The molecule has 1 amide bonds. The van der Waals surface area contributed by atoms with Crippen LogP contribution in [0.15, 0.2) is 30.3 Å². The molecule has 1 aromatic carbocycles. The van der Waals surface area contributed by atoms with Gasteiger partial charge in [-0.2, -0.15) is 0 Å². The standard InChI is InChI=1S/C17H27N3O.2ClH/c1-13(2)19(3)12-17(21)20-10-15(9-18)16(11-20)14-7-5-4-6-8-14;;/h4-8,13,15-16H,9-12,18H2,1-3H3;2*1H/t15-,16+;;/m1../s1. The summed E-state index contributed by atoms with van der Waals surface area (Å²) in [5.74, 6) is 0.938. The summed E-state index contributed by atoms with van der Waals surface area (Å²) >= 11 is 0. The Labute approximate surface area is 152 Å². The number of hydrogen-bond acceptors (Lipinski definition) is 3. The molecule has 132 valence electrons. The minimum absolute atomic E-state index is 0. The third-order valence-corrected chi connectivity index (χ3v) is 4.59. The van der Waals surface area contributed by atoms with E-state index in [9.17, 15) is 4.79 Å². The van der Waals surface area contributed by atoms with E-state index in [4.69, 9.17) is 5.73 Å². The highest BCUT2D eigenvalue weighted by Crippen LogP contribution is 2.32. The maximum absolute atomic E-state index is 12.4. The Morgan fingerprint density at radius 1 is 1.26 bits per heavy atom. The summed E-state index contributed by atoms with van der Waals surface area (Å²) < 4.78 is 0. The van der Waals surface area contributed by atoms with Gasteiger partial charge in [-0.25, -0.2) is 0 Å². The lowest BCUT2D eigenvalue weighted by molar-refractivity contribution is -0.131. The molecule has 2 atom stereocenters. The molecular formula is C17H29Cl2N3O. The lowest BCUT2D eigenvalue weighted by Gasteiger charge is -2.24. The van der Waals surface area contributed by atoms with Crippen LogP contribution in [0.5, 0.6) is 0 Å². The van der Waals surface area contributed by atoms with Gasteiger partial charge in [0.15, 0.2) is 0 Å². The first-order valence-electron chi connectivity index (χ1n) is 7.76. The van der Waals surface area contributed by atoms with E-state index >= 15 is 0 Å². The second-order valence-corrected chi connectivity index (χ2v) is 6.32. The number of nitrogens with two attached hydrogens (primary N) is 1. The number of nitrogens with zero attached hydrogens (tertiary/aromatic N) is 2. The maximum Gasteiger partial charge on any atom is 0.236 e. The zero-order valence-corrected chi connectivity index (χ0v) is 15.8. The number of hydrogen-bond donors (Lipinski definition) is 1. The lowest BCUT2D eigenvalue weighted by Crippen LogP contribution is -2.40. The first-order valence-corrected chi connectivity index (χ1v) is 7.76. The molecule has 0 bridgehead atoms. The molecule has 0 aliphatic carbocycles. The third-order valence-electron chi connectivity index (χ3n) is 4.59. The van der Waals surface area contributed by atoms with Crippen molar-refractivity contribution in [3.05, 3.63) is 35.9 Å². The van der Waals surface area contributed by atoms with E-state index in [1.165, 1.54) is 5.56 Å². The molecule has 1 heterocycles. The van der Waals surface area contributed by atoms with Crippen LogP contribution in [0.25, 0.3) is 0 Å². The average Bonchev–Trinajstić information content (AvgIpc) is 2.92. The molecular weight excluding hydrogens is 333 g/mol. The van der Waals surface area contributed by atoms with E-state index in [1.807, 2.05) is 18.0 Å². The van der Waals surface area contributed by atoms with E-state index in [-0.39, 0.29) is 30.7 Å². The van der Waals surface area contributed by atoms with Crippen molar-refractivity contribution in [2.75, 3.05) is 33.2 Å². The quantitative estimate of drug-likeness (QED) is 0.875. The topological polar surface area (TPSA) is 49.6 Å². The van der Waals surface area contributed by atoms with Crippen LogP contribution >= 0.6 is 24.8 Å². The largest absolute Gasteiger partial charge is 0.341 e. The number of halogens is 2. The monoisotopic (exact) mass is 361 g/mol. The average molecular weight is 362 g/mol. The van der Waals surface area contributed by atoms with Gasteiger partial charge in [0, 0.05) is 25.0 Å². The van der Waals surface area contributed by atoms with Crippen LogP contribution in [0.4, 0.5) is 0 Å². The fraction of sp³-hybridized carbons (Fsp3) is 0.588. The number of carbonyl (C=O) groups is 1. The van der Waals surface area contributed by atoms with Crippen molar-refractivity contribution in [2.45, 2.75) is 25.8 Å². The highest BCUT2D eigenvalue weighted by Gasteiger charge is 2.35. The predicted molar refractivity (Wildman–Crippen MR) is 101 cm³/mol. The first kappa shape index (κ1) is 22.2. The summed E-state index contributed by atoms with van der Waals surface area (Å²) in [4.78, 5) is 16.5. The summed E-state index contributed by atoms with van der Waals surface area (Å²) in [6.07, 6.45) is 0. The molecule has 23 heavy (non-hydrogen) atoms. The summed E-state index contributed by atoms with van der Waals surface area (Å²) in [6.45, 7) is 6.89. The van der Waals surface area contributed by atoms with Crippen molar-refractivity contribution in [2.24, 2.45) is 11.7 Å². The van der Waals surface area contributed by atoms with Crippen LogP contribution in [-0.4, -0.2) is 55.0 Å². The number of carbonyl (C=O) groups excluding carboxylic acids is 1. The van der Waals surface area contributed by atoms with E-state index in [0.29, 0.717) is 31.0 Å². The zero-order chi connectivity index (χ0) is 15.4. The molecule has 0 spiro atoms. The van der Waals surface area contributed by atoms with Crippen molar-refractivity contribution in [3.63, 3.8) is 0 Å². The Kier molecular flexibility index (Phi) is 9.78. The van der Waals surface area contributed by atoms with Crippen LogP contribution in [0.3, 0.4) is 0 Å². The Bertz CT molecular complexity index is 470. The molecule has 6 heteroatoms. The summed E-state index contributed by atoms with van der Waals surface area (Å²) in [5.41, 5.74) is 7.22. The Balaban J connectivity index is 0.00000242. The summed E-state index contributed by atoms with van der Waals surface area (Å²) in [7, 11) is 1.99. The molecule has 1 saturated heterocycles. The lowest BCUT2D eigenvalue weighted by atomic mass is 9.89. The molecule has 1 aliphatic rings. The molecule has 1 aliphatic heterocycles. The van der Waals surface area contributed by atoms with Gasteiger partial charge in [0.2, 0.25) is 5.91 Å². The predicted octanol–water partition coefficient (Wildman–Crippen LogP) is 2.37. The Morgan fingerprint density at radius 3 is 2.39 bits per heavy atom. The summed E-state index contributed by atoms with van der Waals surface area (Å²) in [5, 5.41) is 0. The molecule has 2 rings (SSSR count). The van der Waals surface area contributed by atoms with Gasteiger partial charge in [-0.15, -0.1) is 24.8 Å². The highest BCUT2D eigenvalue weighted by molar-refractivity contribution is 5.85. The SMILES string of the molecule is CC(C)N(C)CC(=O)N1C[C@@H](CN)[C@H](c2ccccc2)C1.Cl.Cl. The van der Waals surface area contributed by atoms with Gasteiger partial charge in [0.05, 0.1) is 6.54 Å². The number of rotatable bonds is 5.